The van der Waals surface area contributed by atoms with Crippen molar-refractivity contribution in [1.82, 2.24) is 15.1 Å². The summed E-state index contributed by atoms with van der Waals surface area (Å²) in [6.07, 6.45) is 7.02. The summed E-state index contributed by atoms with van der Waals surface area (Å²) in [5.74, 6) is 2.66. The number of hydrogen-bond acceptors (Lipinski definition) is 2. The first-order valence-electron chi connectivity index (χ1n) is 5.93. The summed E-state index contributed by atoms with van der Waals surface area (Å²) in [5.41, 5.74) is 2.39. The van der Waals surface area contributed by atoms with Gasteiger partial charge in [0.1, 0.15) is 0 Å². The van der Waals surface area contributed by atoms with Crippen LogP contribution in [0.1, 0.15) is 38.6 Å². The van der Waals surface area contributed by atoms with E-state index >= 15 is 0 Å². The lowest BCUT2D eigenvalue weighted by Gasteiger charge is -2.11. The third-order valence-corrected chi connectivity index (χ3v) is 2.63. The molecular formula is C13H21N3. The molecule has 3 heteroatoms. The van der Waals surface area contributed by atoms with Gasteiger partial charge in [-0.15, -0.1) is 12.3 Å². The Kier molecular flexibility index (Phi) is 5.07. The maximum Gasteiger partial charge on any atom is 0.0625 e. The second-order valence-corrected chi connectivity index (χ2v) is 3.99. The van der Waals surface area contributed by atoms with Crippen LogP contribution in [-0.4, -0.2) is 15.8 Å². The molecule has 0 fully saturated rings. The Morgan fingerprint density at radius 3 is 2.88 bits per heavy atom. The van der Waals surface area contributed by atoms with Crippen molar-refractivity contribution in [3.05, 3.63) is 17.5 Å². The van der Waals surface area contributed by atoms with Gasteiger partial charge in [-0.05, 0) is 26.3 Å². The fourth-order valence-electron chi connectivity index (χ4n) is 1.63. The van der Waals surface area contributed by atoms with Gasteiger partial charge in [0.25, 0.3) is 0 Å². The number of aromatic nitrogens is 2. The van der Waals surface area contributed by atoms with Gasteiger partial charge >= 0.3 is 0 Å². The molecule has 1 rings (SSSR count). The van der Waals surface area contributed by atoms with Gasteiger partial charge in [-0.2, -0.15) is 5.10 Å². The van der Waals surface area contributed by atoms with E-state index in [-0.39, 0.29) is 0 Å². The lowest BCUT2D eigenvalue weighted by molar-refractivity contribution is 0.522. The molecule has 0 aliphatic carbocycles. The summed E-state index contributed by atoms with van der Waals surface area (Å²) in [7, 11) is 0. The fourth-order valence-corrected chi connectivity index (χ4v) is 1.63. The molecule has 0 saturated heterocycles. The number of hydrogen-bond donors (Lipinski definition) is 1. The van der Waals surface area contributed by atoms with Crippen LogP contribution in [0.15, 0.2) is 6.07 Å². The molecule has 88 valence electrons. The average Bonchev–Trinajstić information content (AvgIpc) is 2.69. The second kappa shape index (κ2) is 6.34. The minimum Gasteiger partial charge on any atom is -0.308 e. The van der Waals surface area contributed by atoms with Crippen LogP contribution in [0, 0.1) is 12.3 Å². The van der Waals surface area contributed by atoms with E-state index in [0.29, 0.717) is 6.04 Å². The van der Waals surface area contributed by atoms with Crippen molar-refractivity contribution in [1.29, 1.82) is 0 Å². The molecule has 0 saturated carbocycles. The lowest BCUT2D eigenvalue weighted by Crippen LogP contribution is -2.26. The van der Waals surface area contributed by atoms with E-state index < -0.39 is 0 Å². The molecule has 0 amide bonds. The fraction of sp³-hybridized carbons (Fsp3) is 0.615. The minimum atomic E-state index is 0.357. The van der Waals surface area contributed by atoms with E-state index in [9.17, 15) is 0 Å². The topological polar surface area (TPSA) is 29.9 Å². The third-order valence-electron chi connectivity index (χ3n) is 2.63. The van der Waals surface area contributed by atoms with Crippen molar-refractivity contribution in [3.63, 3.8) is 0 Å². The maximum atomic E-state index is 5.27. The van der Waals surface area contributed by atoms with Gasteiger partial charge in [-0.1, -0.05) is 6.92 Å². The van der Waals surface area contributed by atoms with Gasteiger partial charge in [0, 0.05) is 25.6 Å². The summed E-state index contributed by atoms with van der Waals surface area (Å²) >= 11 is 0. The van der Waals surface area contributed by atoms with E-state index in [0.717, 1.165) is 31.6 Å². The Labute approximate surface area is 98.2 Å². The summed E-state index contributed by atoms with van der Waals surface area (Å²) in [6.45, 7) is 8.10. The van der Waals surface area contributed by atoms with Crippen molar-refractivity contribution in [3.8, 4) is 12.3 Å². The highest BCUT2D eigenvalue weighted by Gasteiger charge is 2.06. The first-order valence-corrected chi connectivity index (χ1v) is 5.93. The molecule has 1 heterocycles. The molecule has 1 N–H and O–H groups in total. The smallest absolute Gasteiger partial charge is 0.0625 e. The molecule has 0 radical (unpaired) electrons. The van der Waals surface area contributed by atoms with Gasteiger partial charge in [-0.3, -0.25) is 4.68 Å². The zero-order valence-electron chi connectivity index (χ0n) is 10.5. The Hall–Kier alpha value is -1.27. The highest BCUT2D eigenvalue weighted by atomic mass is 15.3. The molecule has 0 aliphatic heterocycles. The molecule has 0 spiro atoms. The van der Waals surface area contributed by atoms with Crippen molar-refractivity contribution >= 4 is 0 Å². The molecule has 1 atom stereocenters. The van der Waals surface area contributed by atoms with Crippen molar-refractivity contribution < 1.29 is 0 Å². The van der Waals surface area contributed by atoms with Crippen LogP contribution in [-0.2, 0) is 19.5 Å². The molecule has 1 aromatic heterocycles. The molecule has 1 unspecified atom stereocenters. The predicted molar refractivity (Wildman–Crippen MR) is 67.0 cm³/mol. The largest absolute Gasteiger partial charge is 0.308 e. The number of nitrogens with one attached hydrogen (secondary N) is 1. The highest BCUT2D eigenvalue weighted by molar-refractivity contribution is 5.10. The Morgan fingerprint density at radius 1 is 1.56 bits per heavy atom. The summed E-state index contributed by atoms with van der Waals surface area (Å²) in [5, 5.41) is 7.92. The SMILES string of the molecule is C#CCC(C)NCc1cc(CC)nn1CC. The Bertz CT molecular complexity index is 360. The van der Waals surface area contributed by atoms with E-state index in [1.165, 1.54) is 5.69 Å². The van der Waals surface area contributed by atoms with Crippen LogP contribution in [0.5, 0.6) is 0 Å². The third kappa shape index (κ3) is 3.39. The van der Waals surface area contributed by atoms with Gasteiger partial charge in [0.15, 0.2) is 0 Å². The zero-order chi connectivity index (χ0) is 12.0. The summed E-state index contributed by atoms with van der Waals surface area (Å²) in [6, 6.07) is 2.52. The number of terminal acetylenes is 1. The first kappa shape index (κ1) is 12.8. The molecule has 1 aromatic rings. The average molecular weight is 219 g/mol. The molecule has 16 heavy (non-hydrogen) atoms. The quantitative estimate of drug-likeness (QED) is 0.741. The molecular weight excluding hydrogens is 198 g/mol. The summed E-state index contributed by atoms with van der Waals surface area (Å²) in [4.78, 5) is 0. The number of aryl methyl sites for hydroxylation is 2. The number of nitrogens with zero attached hydrogens (tertiary/aromatic N) is 2. The van der Waals surface area contributed by atoms with Crippen LogP contribution in [0.4, 0.5) is 0 Å². The van der Waals surface area contributed by atoms with Crippen LogP contribution in [0.3, 0.4) is 0 Å². The Morgan fingerprint density at radius 2 is 2.31 bits per heavy atom. The van der Waals surface area contributed by atoms with Crippen LogP contribution < -0.4 is 5.32 Å². The van der Waals surface area contributed by atoms with Crippen molar-refractivity contribution in [2.75, 3.05) is 0 Å². The van der Waals surface area contributed by atoms with E-state index in [1.54, 1.807) is 0 Å². The minimum absolute atomic E-state index is 0.357. The monoisotopic (exact) mass is 219 g/mol. The van der Waals surface area contributed by atoms with Crippen LogP contribution in [0.2, 0.25) is 0 Å². The Balaban J connectivity index is 2.59. The first-order chi connectivity index (χ1) is 7.71. The standard InChI is InChI=1S/C13H21N3/c1-5-8-11(4)14-10-13-9-12(6-2)15-16(13)7-3/h1,9,11,14H,6-8,10H2,2-4H3. The second-order valence-electron chi connectivity index (χ2n) is 3.99. The van der Waals surface area contributed by atoms with Crippen LogP contribution >= 0.6 is 0 Å². The van der Waals surface area contributed by atoms with Gasteiger partial charge in [0.2, 0.25) is 0 Å². The zero-order valence-corrected chi connectivity index (χ0v) is 10.5. The lowest BCUT2D eigenvalue weighted by atomic mass is 10.2. The number of rotatable bonds is 6. The van der Waals surface area contributed by atoms with E-state index in [4.69, 9.17) is 6.42 Å². The van der Waals surface area contributed by atoms with E-state index in [2.05, 4.69) is 47.9 Å². The molecule has 3 nitrogen and oxygen atoms in total. The van der Waals surface area contributed by atoms with Gasteiger partial charge in [-0.25, -0.2) is 0 Å². The molecule has 0 aliphatic rings. The predicted octanol–water partition coefficient (Wildman–Crippen LogP) is 1.97. The molecule has 0 bridgehead atoms. The molecule has 0 aromatic carbocycles. The van der Waals surface area contributed by atoms with E-state index in [1.807, 2.05) is 0 Å². The van der Waals surface area contributed by atoms with Gasteiger partial charge in [0.05, 0.1) is 11.4 Å². The van der Waals surface area contributed by atoms with Gasteiger partial charge < -0.3 is 5.32 Å². The highest BCUT2D eigenvalue weighted by Crippen LogP contribution is 2.06. The van der Waals surface area contributed by atoms with Crippen molar-refractivity contribution in [2.45, 2.75) is 52.7 Å². The maximum absolute atomic E-state index is 5.27. The normalized spacial score (nSPS) is 12.4. The van der Waals surface area contributed by atoms with Crippen LogP contribution in [0.25, 0.3) is 0 Å². The van der Waals surface area contributed by atoms with Crippen molar-refractivity contribution in [2.24, 2.45) is 0 Å². The summed E-state index contributed by atoms with van der Waals surface area (Å²) < 4.78 is 2.05.